The van der Waals surface area contributed by atoms with E-state index in [-0.39, 0.29) is 12.3 Å². The van der Waals surface area contributed by atoms with E-state index in [1.165, 1.54) is 0 Å². The molecule has 1 amide bonds. The fourth-order valence-corrected chi connectivity index (χ4v) is 2.12. The van der Waals surface area contributed by atoms with Crippen molar-refractivity contribution in [2.24, 2.45) is 5.73 Å². The summed E-state index contributed by atoms with van der Waals surface area (Å²) in [7, 11) is 0. The maximum absolute atomic E-state index is 11.7. The van der Waals surface area contributed by atoms with Crippen LogP contribution in [0.15, 0.2) is 0 Å². The minimum absolute atomic E-state index is 0.245. The lowest BCUT2D eigenvalue weighted by atomic mass is 9.97. The van der Waals surface area contributed by atoms with E-state index >= 15 is 0 Å². The van der Waals surface area contributed by atoms with Crippen LogP contribution in [0.4, 0.5) is 0 Å². The molecule has 1 rings (SSSR count). The van der Waals surface area contributed by atoms with Crippen LogP contribution >= 0.6 is 0 Å². The highest BCUT2D eigenvalue weighted by Crippen LogP contribution is 2.19. The first kappa shape index (κ1) is 17.3. The Hall–Kier alpha value is -0.770. The van der Waals surface area contributed by atoms with Gasteiger partial charge in [-0.3, -0.25) is 4.79 Å². The van der Waals surface area contributed by atoms with Gasteiger partial charge >= 0.3 is 0 Å². The number of nitrogens with one attached hydrogen (secondary N) is 1. The SMILES string of the molecule is NCCCCCC(=O)N[C@@H]1[C@@H](O)[C@@H](O)[C@@H](CO)O[C@@H]1O. The Kier molecular flexibility index (Phi) is 7.35. The number of rotatable bonds is 7. The Morgan fingerprint density at radius 3 is 2.45 bits per heavy atom. The minimum atomic E-state index is -1.47. The highest BCUT2D eigenvalue weighted by molar-refractivity contribution is 5.76. The van der Waals surface area contributed by atoms with E-state index in [1.54, 1.807) is 0 Å². The number of hydrogen-bond acceptors (Lipinski definition) is 7. The average molecular weight is 292 g/mol. The summed E-state index contributed by atoms with van der Waals surface area (Å²) in [6.45, 7) is 0.0410. The van der Waals surface area contributed by atoms with Crippen LogP contribution in [0, 0.1) is 0 Å². The predicted molar refractivity (Wildman–Crippen MR) is 69.4 cm³/mol. The van der Waals surface area contributed by atoms with Gasteiger partial charge in [0.15, 0.2) is 6.29 Å². The predicted octanol–water partition coefficient (Wildman–Crippen LogP) is -2.58. The molecular weight excluding hydrogens is 268 g/mol. The van der Waals surface area contributed by atoms with Crippen molar-refractivity contribution in [2.75, 3.05) is 13.2 Å². The molecule has 5 atom stereocenters. The van der Waals surface area contributed by atoms with Crippen molar-refractivity contribution in [3.63, 3.8) is 0 Å². The van der Waals surface area contributed by atoms with Gasteiger partial charge in [-0.1, -0.05) is 6.42 Å². The van der Waals surface area contributed by atoms with Crippen LogP contribution in [-0.2, 0) is 9.53 Å². The number of nitrogens with two attached hydrogens (primary N) is 1. The summed E-state index contributed by atoms with van der Waals surface area (Å²) in [6, 6.07) is -1.12. The molecule has 0 bridgehead atoms. The van der Waals surface area contributed by atoms with Gasteiger partial charge in [0, 0.05) is 6.42 Å². The van der Waals surface area contributed by atoms with Gasteiger partial charge in [-0.15, -0.1) is 0 Å². The van der Waals surface area contributed by atoms with Crippen molar-refractivity contribution < 1.29 is 30.0 Å². The van der Waals surface area contributed by atoms with E-state index in [0.717, 1.165) is 12.8 Å². The standard InChI is InChI=1S/C12H24N2O6/c13-5-3-1-2-4-8(16)14-9-11(18)10(17)7(6-15)20-12(9)19/h7,9-12,15,17-19H,1-6,13H2,(H,14,16)/t7-,9-,10+,11-,12+/m1/s1. The second-order valence-corrected chi connectivity index (χ2v) is 4.92. The number of hydrogen-bond donors (Lipinski definition) is 6. The zero-order chi connectivity index (χ0) is 15.1. The maximum Gasteiger partial charge on any atom is 0.220 e. The van der Waals surface area contributed by atoms with E-state index in [4.69, 9.17) is 15.6 Å². The van der Waals surface area contributed by atoms with Crippen LogP contribution < -0.4 is 11.1 Å². The Labute approximate surface area is 117 Å². The van der Waals surface area contributed by atoms with Crippen LogP contribution in [0.25, 0.3) is 0 Å². The van der Waals surface area contributed by atoms with Gasteiger partial charge in [0.05, 0.1) is 6.61 Å². The normalized spacial score (nSPS) is 34.0. The van der Waals surface area contributed by atoms with Crippen LogP contribution in [0.2, 0.25) is 0 Å². The highest BCUT2D eigenvalue weighted by atomic mass is 16.6. The molecular formula is C12H24N2O6. The molecule has 118 valence electrons. The molecule has 0 radical (unpaired) electrons. The molecule has 1 fully saturated rings. The minimum Gasteiger partial charge on any atom is -0.394 e. The molecule has 0 unspecified atom stereocenters. The summed E-state index contributed by atoms with van der Waals surface area (Å²) in [5.41, 5.74) is 5.34. The van der Waals surface area contributed by atoms with E-state index in [9.17, 15) is 20.1 Å². The van der Waals surface area contributed by atoms with Crippen LogP contribution in [0.5, 0.6) is 0 Å². The Balaban J connectivity index is 2.43. The average Bonchev–Trinajstić information content (AvgIpc) is 2.43. The summed E-state index contributed by atoms with van der Waals surface area (Å²) < 4.78 is 4.94. The molecule has 0 aromatic carbocycles. The molecule has 1 saturated heterocycles. The molecule has 1 aliphatic heterocycles. The van der Waals surface area contributed by atoms with Gasteiger partial charge in [-0.25, -0.2) is 0 Å². The number of unbranched alkanes of at least 4 members (excludes halogenated alkanes) is 2. The maximum atomic E-state index is 11.7. The molecule has 0 aliphatic carbocycles. The first-order valence-electron chi connectivity index (χ1n) is 6.81. The third-order valence-electron chi connectivity index (χ3n) is 3.34. The summed E-state index contributed by atoms with van der Waals surface area (Å²) in [5.74, 6) is -0.344. The zero-order valence-electron chi connectivity index (χ0n) is 11.3. The van der Waals surface area contributed by atoms with Crippen molar-refractivity contribution in [3.8, 4) is 0 Å². The summed E-state index contributed by atoms with van der Waals surface area (Å²) in [4.78, 5) is 11.7. The number of aliphatic hydroxyl groups is 4. The third kappa shape index (κ3) is 4.65. The summed E-state index contributed by atoms with van der Waals surface area (Å²) >= 11 is 0. The van der Waals surface area contributed by atoms with Crippen LogP contribution in [-0.4, -0.2) is 70.1 Å². The highest BCUT2D eigenvalue weighted by Gasteiger charge is 2.44. The first-order chi connectivity index (χ1) is 9.51. The monoisotopic (exact) mass is 292 g/mol. The van der Waals surface area contributed by atoms with E-state index < -0.39 is 37.3 Å². The molecule has 1 heterocycles. The van der Waals surface area contributed by atoms with E-state index in [1.807, 2.05) is 0 Å². The molecule has 0 saturated carbocycles. The van der Waals surface area contributed by atoms with Gasteiger partial charge < -0.3 is 36.2 Å². The molecule has 0 aromatic heterocycles. The lowest BCUT2D eigenvalue weighted by Crippen LogP contribution is -2.64. The summed E-state index contributed by atoms with van der Waals surface area (Å²) in [5, 5.41) is 40.6. The van der Waals surface area contributed by atoms with Crippen molar-refractivity contribution in [1.29, 1.82) is 0 Å². The summed E-state index contributed by atoms with van der Waals surface area (Å²) in [6.07, 6.45) is -2.75. The molecule has 0 aromatic rings. The van der Waals surface area contributed by atoms with Crippen LogP contribution in [0.3, 0.4) is 0 Å². The third-order valence-corrected chi connectivity index (χ3v) is 3.34. The number of amides is 1. The molecule has 1 aliphatic rings. The lowest BCUT2D eigenvalue weighted by Gasteiger charge is -2.40. The first-order valence-corrected chi connectivity index (χ1v) is 6.81. The topological polar surface area (TPSA) is 145 Å². The molecule has 8 nitrogen and oxygen atoms in total. The van der Waals surface area contributed by atoms with Gasteiger partial charge in [0.25, 0.3) is 0 Å². The Bertz CT molecular complexity index is 304. The van der Waals surface area contributed by atoms with Gasteiger partial charge in [-0.2, -0.15) is 0 Å². The number of aliphatic hydroxyl groups excluding tert-OH is 4. The molecule has 7 N–H and O–H groups in total. The molecule has 0 spiro atoms. The van der Waals surface area contributed by atoms with Gasteiger partial charge in [0.1, 0.15) is 24.4 Å². The van der Waals surface area contributed by atoms with Crippen molar-refractivity contribution in [3.05, 3.63) is 0 Å². The second kappa shape index (κ2) is 8.50. The second-order valence-electron chi connectivity index (χ2n) is 4.92. The van der Waals surface area contributed by atoms with Crippen molar-refractivity contribution >= 4 is 5.91 Å². The van der Waals surface area contributed by atoms with Crippen molar-refractivity contribution in [2.45, 2.75) is 56.3 Å². The number of ether oxygens (including phenoxy) is 1. The Morgan fingerprint density at radius 1 is 1.15 bits per heavy atom. The number of carbonyl (C=O) groups is 1. The quantitative estimate of drug-likeness (QED) is 0.283. The Morgan fingerprint density at radius 2 is 1.85 bits per heavy atom. The zero-order valence-corrected chi connectivity index (χ0v) is 11.3. The van der Waals surface area contributed by atoms with Crippen LogP contribution in [0.1, 0.15) is 25.7 Å². The molecule has 20 heavy (non-hydrogen) atoms. The largest absolute Gasteiger partial charge is 0.394 e. The lowest BCUT2D eigenvalue weighted by molar-refractivity contribution is -0.253. The molecule has 8 heteroatoms. The fraction of sp³-hybridized carbons (Fsp3) is 0.917. The van der Waals surface area contributed by atoms with E-state index in [2.05, 4.69) is 5.32 Å². The smallest absolute Gasteiger partial charge is 0.220 e. The fourth-order valence-electron chi connectivity index (χ4n) is 2.12. The van der Waals surface area contributed by atoms with Gasteiger partial charge in [0.2, 0.25) is 5.91 Å². The van der Waals surface area contributed by atoms with E-state index in [0.29, 0.717) is 13.0 Å². The van der Waals surface area contributed by atoms with Crippen molar-refractivity contribution in [1.82, 2.24) is 5.32 Å². The van der Waals surface area contributed by atoms with Gasteiger partial charge in [-0.05, 0) is 19.4 Å². The number of carbonyl (C=O) groups excluding carboxylic acids is 1.